The number of amides is 2. The molecule has 132 valence electrons. The normalized spacial score (nSPS) is 18.2. The first-order chi connectivity index (χ1) is 10.4. The van der Waals surface area contributed by atoms with E-state index >= 15 is 0 Å². The molecule has 0 aromatic carbocycles. The van der Waals surface area contributed by atoms with Gasteiger partial charge >= 0.3 is 0 Å². The molecule has 0 bridgehead atoms. The number of rotatable bonds is 5. The van der Waals surface area contributed by atoms with Crippen molar-refractivity contribution >= 4 is 11.8 Å². The van der Waals surface area contributed by atoms with Crippen molar-refractivity contribution in [2.75, 3.05) is 19.7 Å². The predicted molar refractivity (Wildman–Crippen MR) is 90.3 cm³/mol. The Hall–Kier alpha value is -1.14. The van der Waals surface area contributed by atoms with Gasteiger partial charge in [0.05, 0.1) is 19.2 Å². The number of hydrogen-bond donors (Lipinski definition) is 4. The number of piperidine rings is 1. The van der Waals surface area contributed by atoms with Gasteiger partial charge in [-0.1, -0.05) is 34.6 Å². The zero-order valence-corrected chi connectivity index (χ0v) is 14.8. The zero-order chi connectivity index (χ0) is 17.5. The van der Waals surface area contributed by atoms with E-state index in [1.165, 1.54) is 0 Å². The molecule has 1 saturated heterocycles. The molecule has 0 aliphatic carbocycles. The minimum Gasteiger partial charge on any atom is -0.394 e. The van der Waals surface area contributed by atoms with E-state index < -0.39 is 0 Å². The predicted octanol–water partition coefficient (Wildman–Crippen LogP) is 1.03. The Bertz CT molecular complexity index is 294. The summed E-state index contributed by atoms with van der Waals surface area (Å²) in [4.78, 5) is 22.5. The Morgan fingerprint density at radius 1 is 1.41 bits per heavy atom. The topological polar surface area (TPSA) is 104 Å². The monoisotopic (exact) mass is 317 g/mol. The van der Waals surface area contributed by atoms with Crippen molar-refractivity contribution in [3.63, 3.8) is 0 Å². The molecular formula is C16H35N3O3. The molecule has 1 rings (SSSR count). The van der Waals surface area contributed by atoms with Crippen LogP contribution >= 0.6 is 0 Å². The van der Waals surface area contributed by atoms with E-state index in [1.54, 1.807) is 0 Å². The summed E-state index contributed by atoms with van der Waals surface area (Å²) in [6.07, 6.45) is 2.22. The first-order valence-corrected chi connectivity index (χ1v) is 8.28. The van der Waals surface area contributed by atoms with Crippen molar-refractivity contribution in [3.8, 4) is 0 Å². The molecule has 0 aromatic rings. The molecule has 1 unspecified atom stereocenters. The van der Waals surface area contributed by atoms with Gasteiger partial charge in [0.2, 0.25) is 11.8 Å². The van der Waals surface area contributed by atoms with Crippen molar-refractivity contribution in [1.29, 1.82) is 0 Å². The molecule has 0 spiro atoms. The van der Waals surface area contributed by atoms with Crippen molar-refractivity contribution in [2.45, 2.75) is 59.9 Å². The third-order valence-electron chi connectivity index (χ3n) is 2.74. The Morgan fingerprint density at radius 2 is 1.95 bits per heavy atom. The van der Waals surface area contributed by atoms with Gasteiger partial charge in [-0.05, 0) is 25.2 Å². The lowest BCUT2D eigenvalue weighted by Crippen LogP contribution is -2.45. The van der Waals surface area contributed by atoms with Crippen LogP contribution < -0.4 is 16.4 Å². The van der Waals surface area contributed by atoms with E-state index in [-0.39, 0.29) is 36.9 Å². The van der Waals surface area contributed by atoms with Crippen LogP contribution in [0.15, 0.2) is 0 Å². The second kappa shape index (κ2) is 14.8. The summed E-state index contributed by atoms with van der Waals surface area (Å²) in [6.45, 7) is 10.9. The minimum absolute atomic E-state index is 0.00620. The average molecular weight is 317 g/mol. The number of carbonyl (C=O) groups is 2. The van der Waals surface area contributed by atoms with Gasteiger partial charge in [0.1, 0.15) is 0 Å². The second-order valence-electron chi connectivity index (χ2n) is 5.75. The van der Waals surface area contributed by atoms with Gasteiger partial charge in [0.25, 0.3) is 0 Å². The lowest BCUT2D eigenvalue weighted by molar-refractivity contribution is -0.128. The number of nitrogens with two attached hydrogens (primary N) is 1. The van der Waals surface area contributed by atoms with Crippen LogP contribution in [-0.2, 0) is 9.59 Å². The average Bonchev–Trinajstić information content (AvgIpc) is 2.50. The molecule has 5 N–H and O–H groups in total. The molecule has 6 heteroatoms. The maximum atomic E-state index is 11.5. The molecule has 2 amide bonds. The van der Waals surface area contributed by atoms with Crippen molar-refractivity contribution in [2.24, 2.45) is 17.6 Å². The van der Waals surface area contributed by atoms with Crippen LogP contribution in [0.4, 0.5) is 0 Å². The van der Waals surface area contributed by atoms with Crippen molar-refractivity contribution in [3.05, 3.63) is 0 Å². The van der Waals surface area contributed by atoms with Crippen LogP contribution in [0.5, 0.6) is 0 Å². The molecule has 0 radical (unpaired) electrons. The van der Waals surface area contributed by atoms with E-state index in [1.807, 2.05) is 13.8 Å². The molecule has 0 saturated carbocycles. The summed E-state index contributed by atoms with van der Waals surface area (Å²) in [5, 5.41) is 14.5. The standard InChI is InChI=1S/C10H19N3O3.C4H10.C2H6/c11-5-9(15)13-8(6-14)4-7-2-1-3-12-10(7)16;1-4(2)3;1-2/h7-8,14H,1-6,11H2,(H,12,16)(H,13,15);4H,1-3H3;1-2H3/t7?,8-;;/m0../s1. The van der Waals surface area contributed by atoms with Crippen LogP contribution in [0, 0.1) is 11.8 Å². The van der Waals surface area contributed by atoms with Gasteiger partial charge in [-0.2, -0.15) is 0 Å². The molecule has 6 nitrogen and oxygen atoms in total. The van der Waals surface area contributed by atoms with Gasteiger partial charge in [-0.3, -0.25) is 9.59 Å². The molecule has 1 aliphatic rings. The summed E-state index contributed by atoms with van der Waals surface area (Å²) in [6, 6.07) is -0.384. The summed E-state index contributed by atoms with van der Waals surface area (Å²) < 4.78 is 0. The Balaban J connectivity index is 0. The van der Waals surface area contributed by atoms with Gasteiger partial charge < -0.3 is 21.5 Å². The fourth-order valence-corrected chi connectivity index (χ4v) is 1.87. The molecule has 1 fully saturated rings. The highest BCUT2D eigenvalue weighted by Crippen LogP contribution is 2.17. The quantitative estimate of drug-likeness (QED) is 0.608. The van der Waals surface area contributed by atoms with Gasteiger partial charge in [0.15, 0.2) is 0 Å². The van der Waals surface area contributed by atoms with E-state index in [0.717, 1.165) is 18.8 Å². The van der Waals surface area contributed by atoms with Crippen LogP contribution in [0.2, 0.25) is 0 Å². The number of carbonyl (C=O) groups excluding carboxylic acids is 2. The lowest BCUT2D eigenvalue weighted by Gasteiger charge is -2.25. The van der Waals surface area contributed by atoms with Crippen molar-refractivity contribution in [1.82, 2.24) is 10.6 Å². The summed E-state index contributed by atoms with van der Waals surface area (Å²) >= 11 is 0. The fourth-order valence-electron chi connectivity index (χ4n) is 1.87. The summed E-state index contributed by atoms with van der Waals surface area (Å²) in [5.74, 6) is 0.408. The first kappa shape index (κ1) is 23.1. The molecule has 2 atom stereocenters. The highest BCUT2D eigenvalue weighted by molar-refractivity contribution is 5.80. The van der Waals surface area contributed by atoms with Crippen LogP contribution in [-0.4, -0.2) is 42.7 Å². The molecular weight excluding hydrogens is 282 g/mol. The van der Waals surface area contributed by atoms with E-state index in [2.05, 4.69) is 31.4 Å². The van der Waals surface area contributed by atoms with Gasteiger partial charge in [0, 0.05) is 12.5 Å². The maximum absolute atomic E-state index is 11.5. The Kier molecular flexibility index (Phi) is 15.5. The first-order valence-electron chi connectivity index (χ1n) is 8.28. The molecule has 1 heterocycles. The minimum atomic E-state index is -0.384. The highest BCUT2D eigenvalue weighted by Gasteiger charge is 2.25. The van der Waals surface area contributed by atoms with Crippen LogP contribution in [0.1, 0.15) is 53.9 Å². The van der Waals surface area contributed by atoms with Crippen molar-refractivity contribution < 1.29 is 14.7 Å². The number of nitrogens with one attached hydrogen (secondary N) is 2. The maximum Gasteiger partial charge on any atom is 0.234 e. The fraction of sp³-hybridized carbons (Fsp3) is 0.875. The summed E-state index contributed by atoms with van der Waals surface area (Å²) in [7, 11) is 0. The zero-order valence-electron chi connectivity index (χ0n) is 14.8. The Morgan fingerprint density at radius 3 is 2.36 bits per heavy atom. The summed E-state index contributed by atoms with van der Waals surface area (Å²) in [5.41, 5.74) is 5.16. The number of aliphatic hydroxyl groups is 1. The SMILES string of the molecule is CC.CC(C)C.NCC(=O)N[C@H](CO)CC1CCCNC1=O. The van der Waals surface area contributed by atoms with Gasteiger partial charge in [-0.25, -0.2) is 0 Å². The van der Waals surface area contributed by atoms with E-state index in [9.17, 15) is 9.59 Å². The lowest BCUT2D eigenvalue weighted by atomic mass is 9.92. The van der Waals surface area contributed by atoms with E-state index in [0.29, 0.717) is 13.0 Å². The van der Waals surface area contributed by atoms with Gasteiger partial charge in [-0.15, -0.1) is 0 Å². The third kappa shape index (κ3) is 12.6. The second-order valence-corrected chi connectivity index (χ2v) is 5.75. The third-order valence-corrected chi connectivity index (χ3v) is 2.74. The smallest absolute Gasteiger partial charge is 0.234 e. The largest absolute Gasteiger partial charge is 0.394 e. The Labute approximate surface area is 135 Å². The van der Waals surface area contributed by atoms with E-state index in [4.69, 9.17) is 10.8 Å². The highest BCUT2D eigenvalue weighted by atomic mass is 16.3. The van der Waals surface area contributed by atoms with Crippen LogP contribution in [0.3, 0.4) is 0 Å². The number of hydrogen-bond acceptors (Lipinski definition) is 4. The molecule has 1 aliphatic heterocycles. The molecule has 0 aromatic heterocycles. The number of aliphatic hydroxyl groups excluding tert-OH is 1. The molecule has 22 heavy (non-hydrogen) atoms. The van der Waals surface area contributed by atoms with Crippen LogP contribution in [0.25, 0.3) is 0 Å².